The van der Waals surface area contributed by atoms with Gasteiger partial charge < -0.3 is 15.1 Å². The summed E-state index contributed by atoms with van der Waals surface area (Å²) in [5, 5.41) is 18.0. The van der Waals surface area contributed by atoms with E-state index in [2.05, 4.69) is 20.6 Å². The van der Waals surface area contributed by atoms with Crippen LogP contribution in [0.15, 0.2) is 47.3 Å². The minimum Gasteiger partial charge on any atom is -0.467 e. The van der Waals surface area contributed by atoms with Crippen molar-refractivity contribution in [3.8, 4) is 0 Å². The number of nitrogens with zero attached hydrogens (tertiary/aromatic N) is 3. The van der Waals surface area contributed by atoms with Crippen molar-refractivity contribution < 1.29 is 9.34 Å². The molecule has 0 radical (unpaired) electrons. The Bertz CT molecular complexity index is 899. The van der Waals surface area contributed by atoms with Crippen molar-refractivity contribution in [3.63, 3.8) is 0 Å². The van der Waals surface area contributed by atoms with E-state index in [9.17, 15) is 10.1 Å². The lowest BCUT2D eigenvalue weighted by atomic mass is 10.2. The summed E-state index contributed by atoms with van der Waals surface area (Å²) in [6.07, 6.45) is 2.78. The van der Waals surface area contributed by atoms with Crippen LogP contribution in [-0.2, 0) is 6.54 Å². The lowest BCUT2D eigenvalue weighted by molar-refractivity contribution is -0.383. The Morgan fingerprint density at radius 1 is 1.28 bits per heavy atom. The van der Waals surface area contributed by atoms with Crippen LogP contribution in [0.5, 0.6) is 0 Å². The molecular weight excluding hydrogens is 346 g/mol. The van der Waals surface area contributed by atoms with Crippen molar-refractivity contribution >= 4 is 34.6 Å². The Hall–Kier alpha value is -3.13. The molecule has 0 bridgehead atoms. The van der Waals surface area contributed by atoms with E-state index in [-0.39, 0.29) is 23.9 Å². The van der Waals surface area contributed by atoms with Gasteiger partial charge in [0.1, 0.15) is 12.1 Å². The van der Waals surface area contributed by atoms with Crippen molar-refractivity contribution in [2.75, 3.05) is 10.6 Å². The van der Waals surface area contributed by atoms with Gasteiger partial charge in [-0.25, -0.2) is 9.97 Å². The molecule has 9 heteroatoms. The van der Waals surface area contributed by atoms with Crippen LogP contribution in [0.25, 0.3) is 0 Å². The molecule has 0 aliphatic rings. The molecule has 3 aromatic rings. The maximum atomic E-state index is 11.5. The Morgan fingerprint density at radius 2 is 2.08 bits per heavy atom. The van der Waals surface area contributed by atoms with Gasteiger partial charge >= 0.3 is 5.69 Å². The smallest absolute Gasteiger partial charge is 0.353 e. The summed E-state index contributed by atoms with van der Waals surface area (Å²) in [7, 11) is 0. The lowest BCUT2D eigenvalue weighted by Gasteiger charge is -2.11. The second kappa shape index (κ2) is 7.18. The van der Waals surface area contributed by atoms with Crippen LogP contribution in [0, 0.1) is 17.0 Å². The van der Waals surface area contributed by atoms with E-state index < -0.39 is 4.92 Å². The van der Waals surface area contributed by atoms with Gasteiger partial charge in [-0.3, -0.25) is 10.1 Å². The van der Waals surface area contributed by atoms with E-state index in [1.54, 1.807) is 30.3 Å². The lowest BCUT2D eigenvalue weighted by Crippen LogP contribution is -2.08. The highest BCUT2D eigenvalue weighted by molar-refractivity contribution is 6.30. The molecule has 2 heterocycles. The first-order valence-corrected chi connectivity index (χ1v) is 7.71. The third kappa shape index (κ3) is 3.86. The number of anilines is 3. The van der Waals surface area contributed by atoms with E-state index in [1.165, 1.54) is 12.6 Å². The van der Waals surface area contributed by atoms with E-state index in [0.29, 0.717) is 16.5 Å². The number of benzene rings is 1. The molecule has 1 aromatic carbocycles. The Labute approximate surface area is 148 Å². The summed E-state index contributed by atoms with van der Waals surface area (Å²) in [6, 6.07) is 8.68. The average Bonchev–Trinajstić information content (AvgIpc) is 3.09. The highest BCUT2D eigenvalue weighted by Gasteiger charge is 2.23. The van der Waals surface area contributed by atoms with Crippen molar-refractivity contribution in [3.05, 3.63) is 69.4 Å². The van der Waals surface area contributed by atoms with Crippen LogP contribution in [-0.4, -0.2) is 14.9 Å². The molecule has 0 aliphatic carbocycles. The van der Waals surface area contributed by atoms with Crippen molar-refractivity contribution in [1.82, 2.24) is 9.97 Å². The molecule has 0 amide bonds. The van der Waals surface area contributed by atoms with E-state index in [0.717, 1.165) is 5.56 Å². The number of halogens is 1. The minimum absolute atomic E-state index is 0.0902. The number of hydrogen-bond acceptors (Lipinski definition) is 7. The number of aryl methyl sites for hydroxylation is 1. The molecule has 2 aromatic heterocycles. The fourth-order valence-corrected chi connectivity index (χ4v) is 2.48. The van der Waals surface area contributed by atoms with Crippen LogP contribution in [0.4, 0.5) is 23.0 Å². The SMILES string of the molecule is Cc1cc(Cl)ccc1Nc1ncnc(NCc2ccco2)c1[N+](=O)[O-]. The second-order valence-electron chi connectivity index (χ2n) is 5.19. The Kier molecular flexibility index (Phi) is 4.80. The number of rotatable bonds is 6. The van der Waals surface area contributed by atoms with Gasteiger partial charge in [-0.2, -0.15) is 0 Å². The fourth-order valence-electron chi connectivity index (χ4n) is 2.25. The van der Waals surface area contributed by atoms with Crippen LogP contribution in [0.2, 0.25) is 5.02 Å². The predicted molar refractivity (Wildman–Crippen MR) is 94.2 cm³/mol. The molecular formula is C16H14ClN5O3. The minimum atomic E-state index is -0.530. The fraction of sp³-hybridized carbons (Fsp3) is 0.125. The zero-order valence-electron chi connectivity index (χ0n) is 13.2. The summed E-state index contributed by atoms with van der Waals surface area (Å²) < 4.78 is 5.20. The van der Waals surface area contributed by atoms with Gasteiger partial charge in [0.25, 0.3) is 0 Å². The van der Waals surface area contributed by atoms with Crippen molar-refractivity contribution in [2.45, 2.75) is 13.5 Å². The van der Waals surface area contributed by atoms with E-state index in [4.69, 9.17) is 16.0 Å². The summed E-state index contributed by atoms with van der Waals surface area (Å²) in [5.74, 6) is 0.828. The molecule has 25 heavy (non-hydrogen) atoms. The summed E-state index contributed by atoms with van der Waals surface area (Å²) in [4.78, 5) is 19.0. The van der Waals surface area contributed by atoms with Gasteiger partial charge in [-0.1, -0.05) is 11.6 Å². The van der Waals surface area contributed by atoms with Crippen LogP contribution < -0.4 is 10.6 Å². The average molecular weight is 360 g/mol. The molecule has 0 unspecified atom stereocenters. The maximum absolute atomic E-state index is 11.5. The molecule has 2 N–H and O–H groups in total. The summed E-state index contributed by atoms with van der Waals surface area (Å²) in [6.45, 7) is 2.11. The van der Waals surface area contributed by atoms with Gasteiger partial charge in [-0.15, -0.1) is 0 Å². The molecule has 128 valence electrons. The third-order valence-electron chi connectivity index (χ3n) is 3.46. The van der Waals surface area contributed by atoms with Crippen LogP contribution >= 0.6 is 11.6 Å². The molecule has 0 aliphatic heterocycles. The van der Waals surface area contributed by atoms with Crippen LogP contribution in [0.3, 0.4) is 0 Å². The monoisotopic (exact) mass is 359 g/mol. The first kappa shape index (κ1) is 16.7. The molecule has 0 saturated heterocycles. The number of furan rings is 1. The summed E-state index contributed by atoms with van der Waals surface area (Å²) in [5.41, 5.74) is 1.26. The van der Waals surface area contributed by atoms with Crippen LogP contribution in [0.1, 0.15) is 11.3 Å². The van der Waals surface area contributed by atoms with Crippen molar-refractivity contribution in [2.24, 2.45) is 0 Å². The Balaban J connectivity index is 1.90. The molecule has 0 saturated carbocycles. The molecule has 8 nitrogen and oxygen atoms in total. The number of aromatic nitrogens is 2. The highest BCUT2D eigenvalue weighted by Crippen LogP contribution is 2.32. The quantitative estimate of drug-likeness (QED) is 0.499. The van der Waals surface area contributed by atoms with Gasteiger partial charge in [-0.05, 0) is 42.8 Å². The number of nitro groups is 1. The summed E-state index contributed by atoms with van der Waals surface area (Å²) >= 11 is 5.94. The molecule has 0 atom stereocenters. The van der Waals surface area contributed by atoms with Gasteiger partial charge in [0.05, 0.1) is 17.7 Å². The van der Waals surface area contributed by atoms with E-state index >= 15 is 0 Å². The van der Waals surface area contributed by atoms with Gasteiger partial charge in [0, 0.05) is 10.7 Å². The largest absolute Gasteiger partial charge is 0.467 e. The third-order valence-corrected chi connectivity index (χ3v) is 3.69. The van der Waals surface area contributed by atoms with Crippen molar-refractivity contribution in [1.29, 1.82) is 0 Å². The number of hydrogen-bond donors (Lipinski definition) is 2. The first-order valence-electron chi connectivity index (χ1n) is 7.33. The Morgan fingerprint density at radius 3 is 2.76 bits per heavy atom. The molecule has 3 rings (SSSR count). The van der Waals surface area contributed by atoms with Gasteiger partial charge in [0.2, 0.25) is 11.6 Å². The van der Waals surface area contributed by atoms with Gasteiger partial charge in [0.15, 0.2) is 0 Å². The second-order valence-corrected chi connectivity index (χ2v) is 5.63. The standard InChI is InChI=1S/C16H14ClN5O3/c1-10-7-11(17)4-5-13(10)21-16-14(22(23)24)15(19-9-20-16)18-8-12-3-2-6-25-12/h2-7,9H,8H2,1H3,(H2,18,19,20,21). The zero-order valence-corrected chi connectivity index (χ0v) is 13.9. The number of nitrogens with one attached hydrogen (secondary N) is 2. The molecule has 0 spiro atoms. The highest BCUT2D eigenvalue weighted by atomic mass is 35.5. The zero-order chi connectivity index (χ0) is 17.8. The normalized spacial score (nSPS) is 10.5. The topological polar surface area (TPSA) is 106 Å². The predicted octanol–water partition coefficient (Wildman–Crippen LogP) is 4.30. The van der Waals surface area contributed by atoms with E-state index in [1.807, 2.05) is 6.92 Å². The molecule has 0 fully saturated rings. The first-order chi connectivity index (χ1) is 12.0. The maximum Gasteiger partial charge on any atom is 0.353 e.